The molecule has 65 heavy (non-hydrogen) atoms. The van der Waals surface area contributed by atoms with Crippen LogP contribution in [-0.2, 0) is 29.4 Å². The van der Waals surface area contributed by atoms with E-state index in [1.807, 2.05) is 12.1 Å². The Labute approximate surface area is 371 Å². The number of nitrogens with one attached hydrogen (secondary N) is 3. The topological polar surface area (TPSA) is 327 Å². The summed E-state index contributed by atoms with van der Waals surface area (Å²) in [6.45, 7) is 0.370. The quantitative estimate of drug-likeness (QED) is 0.0485. The number of nitrogens with zero attached hydrogens (tertiary/aromatic N) is 7. The molecular weight excluding hydrogens is 901 g/mol. The van der Waals surface area contributed by atoms with Gasteiger partial charge in [-0.2, -0.15) is 8.42 Å². The summed E-state index contributed by atoms with van der Waals surface area (Å²) in [5.74, 6) is -0.221. The molecule has 10 N–H and O–H groups in total. The Hall–Kier alpha value is -6.51. The maximum absolute atomic E-state index is 14.0. The highest BCUT2D eigenvalue weighted by molar-refractivity contribution is 8.22. The lowest BCUT2D eigenvalue weighted by Crippen LogP contribution is -2.25. The molecule has 4 aromatic heterocycles. The third kappa shape index (κ3) is 8.03. The number of hydrogen-bond acceptors (Lipinski definition) is 16. The second-order valence-corrected chi connectivity index (χ2v) is 19.8. The maximum Gasteiger partial charge on any atom is 0.294 e. The van der Waals surface area contributed by atoms with Crippen LogP contribution in [0.15, 0.2) is 99.9 Å². The molecule has 0 spiro atoms. The number of carbonyl (C=O) groups excluding carboxylic acids is 1. The molecule has 0 radical (unpaired) electrons. The van der Waals surface area contributed by atoms with Crippen molar-refractivity contribution in [1.82, 2.24) is 50.2 Å². The SMILES string of the molecule is O=C(NCCCCc1cccnc1)c1cccc2c1-c1nc-2nc2[nH]c(nc3nc(nc4[nH]c(n1)c1ccc(S(=O)(=O)O)cc41)-c1cc(S(O)(O)O)ccc1-3)c1c2CC=C(S(O)(O)O)C1. The molecule has 0 fully saturated rings. The number of H-pyrrole nitrogens is 2. The minimum Gasteiger partial charge on any atom is -0.352 e. The number of allylic oxidation sites excluding steroid dienone is 2. The molecule has 7 aromatic rings. The Balaban J connectivity index is 1.22. The van der Waals surface area contributed by atoms with E-state index in [9.17, 15) is 45.1 Å². The van der Waals surface area contributed by atoms with Gasteiger partial charge in [0, 0.05) is 74.4 Å². The highest BCUT2D eigenvalue weighted by atomic mass is 32.3. The zero-order chi connectivity index (χ0) is 45.4. The van der Waals surface area contributed by atoms with E-state index >= 15 is 0 Å². The van der Waals surface area contributed by atoms with Crippen LogP contribution in [-0.4, -0.2) is 97.6 Å². The number of amides is 1. The van der Waals surface area contributed by atoms with E-state index in [0.717, 1.165) is 18.4 Å². The molecule has 2 aliphatic heterocycles. The van der Waals surface area contributed by atoms with Gasteiger partial charge in [0.05, 0.1) is 15.4 Å². The Morgan fingerprint density at radius 3 is 2.09 bits per heavy atom. The van der Waals surface area contributed by atoms with E-state index in [1.165, 1.54) is 42.5 Å². The zero-order valence-electron chi connectivity index (χ0n) is 33.5. The summed E-state index contributed by atoms with van der Waals surface area (Å²) in [4.78, 5) is 52.8. The van der Waals surface area contributed by atoms with Crippen molar-refractivity contribution in [2.75, 3.05) is 6.54 Å². The largest absolute Gasteiger partial charge is 0.352 e. The Morgan fingerprint density at radius 1 is 0.646 bits per heavy atom. The first kappa shape index (κ1) is 42.4. The normalized spacial score (nSPS) is 14.0. The Morgan fingerprint density at radius 2 is 1.34 bits per heavy atom. The van der Waals surface area contributed by atoms with Crippen molar-refractivity contribution in [2.45, 2.75) is 41.9 Å². The van der Waals surface area contributed by atoms with Crippen LogP contribution in [0.4, 0.5) is 0 Å². The molecule has 20 nitrogen and oxygen atoms in total. The fraction of sp³-hybridized carbons (Fsp3) is 0.143. The molecule has 10 rings (SSSR count). The first-order valence-electron chi connectivity index (χ1n) is 19.8. The van der Waals surface area contributed by atoms with E-state index in [1.54, 1.807) is 30.6 Å². The zero-order valence-corrected chi connectivity index (χ0v) is 36.0. The number of carbonyl (C=O) groups is 1. The van der Waals surface area contributed by atoms with Crippen molar-refractivity contribution in [2.24, 2.45) is 0 Å². The average Bonchev–Trinajstić information content (AvgIpc) is 4.00. The van der Waals surface area contributed by atoms with Crippen LogP contribution in [0.1, 0.15) is 39.9 Å². The molecule has 0 unspecified atom stereocenters. The third-order valence-electron chi connectivity index (χ3n) is 11.2. The monoisotopic (exact) mass is 936 g/mol. The van der Waals surface area contributed by atoms with Gasteiger partial charge in [-0.3, -0.25) is 14.3 Å². The van der Waals surface area contributed by atoms with Crippen LogP contribution in [0.2, 0.25) is 0 Å². The van der Waals surface area contributed by atoms with Gasteiger partial charge < -0.3 is 42.6 Å². The smallest absolute Gasteiger partial charge is 0.294 e. The van der Waals surface area contributed by atoms with Gasteiger partial charge in [-0.1, -0.05) is 24.3 Å². The molecule has 332 valence electrons. The van der Waals surface area contributed by atoms with Crippen LogP contribution >= 0.6 is 21.7 Å². The van der Waals surface area contributed by atoms with Gasteiger partial charge in [-0.25, -0.2) is 29.9 Å². The van der Waals surface area contributed by atoms with Crippen molar-refractivity contribution >= 4 is 71.1 Å². The second kappa shape index (κ2) is 15.9. The molecule has 1 aliphatic carbocycles. The highest BCUT2D eigenvalue weighted by Gasteiger charge is 2.31. The van der Waals surface area contributed by atoms with Crippen LogP contribution in [0.25, 0.3) is 78.9 Å². The summed E-state index contributed by atoms with van der Waals surface area (Å²) in [5, 5.41) is 3.50. The number of aromatic amines is 2. The lowest BCUT2D eigenvalue weighted by Gasteiger charge is -2.25. The molecule has 3 aromatic carbocycles. The van der Waals surface area contributed by atoms with Crippen molar-refractivity contribution in [1.29, 1.82) is 0 Å². The fourth-order valence-corrected chi connectivity index (χ4v) is 9.75. The van der Waals surface area contributed by atoms with E-state index < -0.39 is 42.7 Å². The number of aryl methyl sites for hydroxylation is 1. The molecule has 3 aliphatic rings. The molecular formula is C42H36N10O10S3. The predicted molar refractivity (Wildman–Crippen MR) is 243 cm³/mol. The van der Waals surface area contributed by atoms with E-state index in [4.69, 9.17) is 24.9 Å². The summed E-state index contributed by atoms with van der Waals surface area (Å²) in [7, 11) is -13.1. The van der Waals surface area contributed by atoms with Gasteiger partial charge in [0.15, 0.2) is 23.3 Å². The first-order valence-corrected chi connectivity index (χ1v) is 24.3. The summed E-state index contributed by atoms with van der Waals surface area (Å²) in [6, 6.07) is 16.7. The molecule has 0 saturated carbocycles. The molecule has 0 atom stereocenters. The summed E-state index contributed by atoms with van der Waals surface area (Å²) in [5.41, 5.74) is 4.20. The minimum atomic E-state index is -4.72. The Bertz CT molecular complexity index is 3460. The number of rotatable bonds is 9. The summed E-state index contributed by atoms with van der Waals surface area (Å²) >= 11 is 0. The standard InChI is InChI=1S/C42H36N10O10S3/c53-42(44-16-2-1-5-21-6-4-15-43-20-21)29-8-3-7-28-33(29)41-51-36-27-14-11-24(65(60,61)62)19-32(27)40(49-36)50-39-31-18-23(64(57,58)59)10-13-26(31)35(48-39)47-38-30-17-22(63(54,55)56)9-12-25(30)34(46-38)45-37(28)52-41/h3-4,6-11,13-15,18-20,54-59H,1-2,5,12,16-17H2,(H,44,53)(H,60,61,62)(H2,45,46,47,48,49,50,51,52). The highest BCUT2D eigenvalue weighted by Crippen LogP contribution is 2.49. The van der Waals surface area contributed by atoms with E-state index in [0.29, 0.717) is 46.2 Å². The van der Waals surface area contributed by atoms with Gasteiger partial charge in [0.1, 0.15) is 44.3 Å². The van der Waals surface area contributed by atoms with Crippen molar-refractivity contribution in [3.05, 3.63) is 112 Å². The lowest BCUT2D eigenvalue weighted by molar-refractivity contribution is 0.0953. The van der Waals surface area contributed by atoms with Crippen LogP contribution in [0, 0.1) is 0 Å². The van der Waals surface area contributed by atoms with Crippen LogP contribution in [0.5, 0.6) is 0 Å². The third-order valence-corrected chi connectivity index (χ3v) is 14.0. The fourth-order valence-electron chi connectivity index (χ4n) is 8.07. The van der Waals surface area contributed by atoms with Gasteiger partial charge in [0.2, 0.25) is 0 Å². The van der Waals surface area contributed by atoms with Crippen molar-refractivity contribution in [3.8, 4) is 45.6 Å². The number of hydrogen-bond donors (Lipinski definition) is 10. The minimum absolute atomic E-state index is 0.00389. The molecule has 8 bridgehead atoms. The van der Waals surface area contributed by atoms with Gasteiger partial charge >= 0.3 is 0 Å². The van der Waals surface area contributed by atoms with Gasteiger partial charge in [-0.15, -0.1) is 0 Å². The number of fused-ring (bicyclic) bond motifs is 20. The van der Waals surface area contributed by atoms with Gasteiger partial charge in [-0.05, 0) is 79.8 Å². The molecule has 6 heterocycles. The summed E-state index contributed by atoms with van der Waals surface area (Å²) < 4.78 is 96.4. The van der Waals surface area contributed by atoms with Gasteiger partial charge in [0.25, 0.3) is 16.0 Å². The Kier molecular flexibility index (Phi) is 10.4. The molecule has 1 amide bonds. The average molecular weight is 937 g/mol. The second-order valence-electron chi connectivity index (χ2n) is 15.3. The lowest BCUT2D eigenvalue weighted by atomic mass is 10.00. The van der Waals surface area contributed by atoms with Crippen molar-refractivity contribution < 1.29 is 45.1 Å². The van der Waals surface area contributed by atoms with E-state index in [2.05, 4.69) is 25.3 Å². The number of pyridine rings is 1. The first-order chi connectivity index (χ1) is 31.0. The van der Waals surface area contributed by atoms with Crippen LogP contribution < -0.4 is 5.32 Å². The predicted octanol–water partition coefficient (Wildman–Crippen LogP) is 7.90. The summed E-state index contributed by atoms with van der Waals surface area (Å²) in [6.07, 6.45) is 7.23. The number of unbranched alkanes of at least 4 members (excludes halogenated alkanes) is 1. The number of benzene rings is 3. The number of aromatic nitrogens is 9. The molecule has 0 saturated heterocycles. The van der Waals surface area contributed by atoms with Crippen molar-refractivity contribution in [3.63, 3.8) is 0 Å². The molecule has 23 heteroatoms. The van der Waals surface area contributed by atoms with E-state index in [-0.39, 0.29) is 85.0 Å². The van der Waals surface area contributed by atoms with Crippen LogP contribution in [0.3, 0.4) is 0 Å². The maximum atomic E-state index is 14.0.